The molecule has 1 aliphatic carbocycles. The van der Waals surface area contributed by atoms with Crippen molar-refractivity contribution in [2.75, 3.05) is 9.80 Å². The summed E-state index contributed by atoms with van der Waals surface area (Å²) in [4.78, 5) is 8.25. The molecule has 9 aromatic carbocycles. The Labute approximate surface area is 370 Å². The summed E-state index contributed by atoms with van der Waals surface area (Å²) in [5, 5.41) is 16.9. The van der Waals surface area contributed by atoms with E-state index in [1.807, 2.05) is 54.6 Å². The lowest BCUT2D eigenvalue weighted by Crippen LogP contribution is -2.50. The van der Waals surface area contributed by atoms with E-state index in [1.54, 1.807) is 0 Å². The summed E-state index contributed by atoms with van der Waals surface area (Å²) in [5.74, 6) is 0. The average Bonchev–Trinajstić information content (AvgIpc) is 3.62. The molecule has 0 bridgehead atoms. The molecule has 4 nitrogen and oxygen atoms in total. The van der Waals surface area contributed by atoms with Gasteiger partial charge in [-0.25, -0.2) is 4.85 Å². The van der Waals surface area contributed by atoms with Gasteiger partial charge in [-0.3, -0.25) is 0 Å². The van der Waals surface area contributed by atoms with Crippen LogP contribution in [-0.4, -0.2) is 0 Å². The van der Waals surface area contributed by atoms with E-state index in [2.05, 4.69) is 190 Å². The Kier molecular flexibility index (Phi) is 9.25. The number of anilines is 6. The Hall–Kier alpha value is -7.66. The molecular formula is C59H48N4. The lowest BCUT2D eigenvalue weighted by Gasteiger charge is -2.53. The molecule has 0 amide bonds. The van der Waals surface area contributed by atoms with Crippen LogP contribution >= 0.6 is 0 Å². The summed E-state index contributed by atoms with van der Waals surface area (Å²) in [6.45, 7) is 22.2. The molecule has 0 unspecified atom stereocenters. The van der Waals surface area contributed by atoms with E-state index in [0.717, 1.165) is 34.1 Å². The van der Waals surface area contributed by atoms with Crippen molar-refractivity contribution >= 4 is 72.1 Å². The highest BCUT2D eigenvalue weighted by Crippen LogP contribution is 2.68. The minimum Gasteiger partial charge on any atom is -0.311 e. The van der Waals surface area contributed by atoms with Crippen LogP contribution in [0.5, 0.6) is 0 Å². The largest absolute Gasteiger partial charge is 0.311 e. The number of fused-ring (bicyclic) bond motifs is 9. The molecule has 4 heteroatoms. The average molecular weight is 813 g/mol. The fraction of sp³-hybridized carbons (Fsp3) is 0.153. The third-order valence-corrected chi connectivity index (χ3v) is 13.3. The highest BCUT2D eigenvalue weighted by atomic mass is 15.1. The number of benzene rings is 9. The summed E-state index contributed by atoms with van der Waals surface area (Å²) >= 11 is 0. The number of rotatable bonds is 6. The molecule has 9 aromatic rings. The van der Waals surface area contributed by atoms with Crippen LogP contribution in [0.3, 0.4) is 0 Å². The molecule has 0 aliphatic heterocycles. The van der Waals surface area contributed by atoms with Crippen LogP contribution in [0.1, 0.15) is 58.2 Å². The van der Waals surface area contributed by atoms with Crippen molar-refractivity contribution < 1.29 is 0 Å². The molecule has 0 fully saturated rings. The van der Waals surface area contributed by atoms with Crippen molar-refractivity contribution in [2.24, 2.45) is 10.8 Å². The SMILES string of the molecule is [C-]#[N+]c1ccc(N(c2ccccc2)c2ccc3c4c(c5ccccc5c3c2)-c2cc3ccc(N(c5ccccc5)c5ccc(C#N)cc5)cc3cc2C4(C(C)(C)C)C(C)(C)C)cc1. The minimum absolute atomic E-state index is 0.204. The van der Waals surface area contributed by atoms with Gasteiger partial charge in [0.15, 0.2) is 5.69 Å². The molecule has 0 radical (unpaired) electrons. The molecule has 0 heterocycles. The standard InChI is InChI=1S/C59H48N4/c1-57(2,3)59(58(4,5)6)54-36-41-34-47(62(43-16-10-8-11-17-43)45-27-22-39(38-60)23-28-45)29-24-40(41)35-53(54)55-50-21-15-14-20-49(50)52-37-48(32-33-51(52)56(55)59)63(44-18-12-9-13-19-44)46-30-25-42(61-7)26-31-46/h8-37H,1-6H3. The normalized spacial score (nSPS) is 13.0. The van der Waals surface area contributed by atoms with Crippen LogP contribution in [0.4, 0.5) is 39.8 Å². The van der Waals surface area contributed by atoms with E-state index in [9.17, 15) is 5.26 Å². The number of nitrogens with zero attached hydrogens (tertiary/aromatic N) is 4. The van der Waals surface area contributed by atoms with Gasteiger partial charge in [0.2, 0.25) is 0 Å². The summed E-state index contributed by atoms with van der Waals surface area (Å²) in [6, 6.07) is 66.8. The molecule has 63 heavy (non-hydrogen) atoms. The predicted molar refractivity (Wildman–Crippen MR) is 264 cm³/mol. The second-order valence-corrected chi connectivity index (χ2v) is 18.8. The van der Waals surface area contributed by atoms with E-state index in [4.69, 9.17) is 6.57 Å². The molecule has 10 rings (SSSR count). The number of para-hydroxylation sites is 2. The van der Waals surface area contributed by atoms with E-state index in [0.29, 0.717) is 11.3 Å². The lowest BCUT2D eigenvalue weighted by atomic mass is 9.49. The Morgan fingerprint density at radius 2 is 0.984 bits per heavy atom. The zero-order valence-electron chi connectivity index (χ0n) is 36.6. The summed E-state index contributed by atoms with van der Waals surface area (Å²) in [5.41, 5.74) is 12.1. The van der Waals surface area contributed by atoms with Crippen molar-refractivity contribution in [2.45, 2.75) is 47.0 Å². The van der Waals surface area contributed by atoms with Gasteiger partial charge in [-0.15, -0.1) is 0 Å². The predicted octanol–water partition coefficient (Wildman–Crippen LogP) is 16.9. The first kappa shape index (κ1) is 39.5. The molecule has 0 saturated carbocycles. The molecule has 0 atom stereocenters. The van der Waals surface area contributed by atoms with Gasteiger partial charge in [-0.2, -0.15) is 5.26 Å². The van der Waals surface area contributed by atoms with Crippen molar-refractivity contribution in [3.05, 3.63) is 210 Å². The van der Waals surface area contributed by atoms with Crippen LogP contribution < -0.4 is 9.80 Å². The van der Waals surface area contributed by atoms with Crippen LogP contribution in [0.2, 0.25) is 0 Å². The van der Waals surface area contributed by atoms with Gasteiger partial charge in [0.25, 0.3) is 0 Å². The van der Waals surface area contributed by atoms with Crippen molar-refractivity contribution in [1.82, 2.24) is 0 Å². The van der Waals surface area contributed by atoms with E-state index in [1.165, 1.54) is 54.6 Å². The third-order valence-electron chi connectivity index (χ3n) is 13.3. The smallest absolute Gasteiger partial charge is 0.187 e. The molecule has 0 spiro atoms. The van der Waals surface area contributed by atoms with Crippen LogP contribution in [0.25, 0.3) is 48.3 Å². The highest BCUT2D eigenvalue weighted by molar-refractivity contribution is 6.20. The first-order chi connectivity index (χ1) is 30.4. The monoisotopic (exact) mass is 812 g/mol. The number of hydrogen-bond donors (Lipinski definition) is 0. The molecule has 0 saturated heterocycles. The Bertz CT molecular complexity index is 3290. The Morgan fingerprint density at radius 3 is 1.56 bits per heavy atom. The zero-order valence-corrected chi connectivity index (χ0v) is 36.6. The topological polar surface area (TPSA) is 34.6 Å². The minimum atomic E-state index is -0.403. The first-order valence-electron chi connectivity index (χ1n) is 21.7. The molecule has 0 N–H and O–H groups in total. The zero-order chi connectivity index (χ0) is 43.7. The Balaban J connectivity index is 1.24. The van der Waals surface area contributed by atoms with Crippen molar-refractivity contribution in [3.8, 4) is 17.2 Å². The summed E-state index contributed by atoms with van der Waals surface area (Å²) < 4.78 is 0. The molecule has 1 aliphatic rings. The molecule has 0 aromatic heterocycles. The summed E-state index contributed by atoms with van der Waals surface area (Å²) in [6.07, 6.45) is 0. The van der Waals surface area contributed by atoms with E-state index < -0.39 is 5.41 Å². The van der Waals surface area contributed by atoms with Gasteiger partial charge in [-0.1, -0.05) is 126 Å². The second-order valence-electron chi connectivity index (χ2n) is 18.8. The number of hydrogen-bond acceptors (Lipinski definition) is 3. The number of nitriles is 1. The molecular weight excluding hydrogens is 765 g/mol. The maximum atomic E-state index is 9.60. The van der Waals surface area contributed by atoms with Crippen molar-refractivity contribution in [3.63, 3.8) is 0 Å². The lowest BCUT2D eigenvalue weighted by molar-refractivity contribution is 0.0965. The van der Waals surface area contributed by atoms with Crippen LogP contribution in [-0.2, 0) is 5.41 Å². The van der Waals surface area contributed by atoms with Crippen LogP contribution in [0.15, 0.2) is 182 Å². The third kappa shape index (κ3) is 6.17. The van der Waals surface area contributed by atoms with Crippen molar-refractivity contribution in [1.29, 1.82) is 5.26 Å². The van der Waals surface area contributed by atoms with E-state index in [-0.39, 0.29) is 10.8 Å². The summed E-state index contributed by atoms with van der Waals surface area (Å²) in [7, 11) is 0. The van der Waals surface area contributed by atoms with E-state index >= 15 is 0 Å². The first-order valence-corrected chi connectivity index (χ1v) is 21.7. The van der Waals surface area contributed by atoms with Gasteiger partial charge in [0.05, 0.1) is 18.2 Å². The fourth-order valence-corrected chi connectivity index (χ4v) is 11.2. The van der Waals surface area contributed by atoms with Gasteiger partial charge in [0.1, 0.15) is 0 Å². The maximum Gasteiger partial charge on any atom is 0.187 e. The maximum absolute atomic E-state index is 9.60. The second kappa shape index (κ2) is 14.8. The van der Waals surface area contributed by atoms with Gasteiger partial charge >= 0.3 is 0 Å². The highest BCUT2D eigenvalue weighted by Gasteiger charge is 2.58. The van der Waals surface area contributed by atoms with Crippen LogP contribution in [0, 0.1) is 28.7 Å². The molecule has 304 valence electrons. The quantitative estimate of drug-likeness (QED) is 0.124. The fourth-order valence-electron chi connectivity index (χ4n) is 11.2. The van der Waals surface area contributed by atoms with Gasteiger partial charge in [0, 0.05) is 39.5 Å². The van der Waals surface area contributed by atoms with Gasteiger partial charge < -0.3 is 9.80 Å². The van der Waals surface area contributed by atoms with Gasteiger partial charge in [-0.05, 0) is 162 Å². The Morgan fingerprint density at radius 1 is 0.476 bits per heavy atom.